The van der Waals surface area contributed by atoms with E-state index in [-0.39, 0.29) is 0 Å². The van der Waals surface area contributed by atoms with Crippen LogP contribution in [0.5, 0.6) is 0 Å². The highest BCUT2D eigenvalue weighted by atomic mass is 79.9. The highest BCUT2D eigenvalue weighted by molar-refractivity contribution is 9.10. The van der Waals surface area contributed by atoms with Crippen molar-refractivity contribution in [2.24, 2.45) is 0 Å². The summed E-state index contributed by atoms with van der Waals surface area (Å²) in [7, 11) is 0. The molecule has 1 radical (unpaired) electrons. The minimum Gasteiger partial charge on any atom is -0.0839 e. The fraction of sp³-hybridized carbons (Fsp3) is 0.333. The Bertz CT molecular complexity index is 276. The monoisotopic (exact) mass is 237 g/mol. The Morgan fingerprint density at radius 3 is 3.08 bits per heavy atom. The first-order valence-electron chi connectivity index (χ1n) is 4.66. The van der Waals surface area contributed by atoms with Crippen molar-refractivity contribution < 1.29 is 0 Å². The van der Waals surface area contributed by atoms with Crippen LogP contribution in [0.15, 0.2) is 28.7 Å². The molecule has 0 saturated carbocycles. The number of hydrogen-bond acceptors (Lipinski definition) is 0. The Morgan fingerprint density at radius 2 is 2.38 bits per heavy atom. The van der Waals surface area contributed by atoms with Crippen molar-refractivity contribution in [1.29, 1.82) is 0 Å². The molecule has 0 atom stereocenters. The molecule has 0 N–H and O–H groups in total. The van der Waals surface area contributed by atoms with Crippen molar-refractivity contribution in [2.45, 2.75) is 26.2 Å². The van der Waals surface area contributed by atoms with Crippen LogP contribution in [0.3, 0.4) is 0 Å². The van der Waals surface area contributed by atoms with Gasteiger partial charge < -0.3 is 0 Å². The predicted molar refractivity (Wildman–Crippen MR) is 61.5 cm³/mol. The lowest BCUT2D eigenvalue weighted by Gasteiger charge is -1.93. The van der Waals surface area contributed by atoms with E-state index in [9.17, 15) is 0 Å². The highest BCUT2D eigenvalue weighted by Gasteiger charge is 1.88. The summed E-state index contributed by atoms with van der Waals surface area (Å²) in [4.78, 5) is 0. The van der Waals surface area contributed by atoms with Crippen LogP contribution in [0.25, 0.3) is 6.08 Å². The van der Waals surface area contributed by atoms with Crippen molar-refractivity contribution in [1.82, 2.24) is 0 Å². The van der Waals surface area contributed by atoms with Crippen LogP contribution in [0.4, 0.5) is 0 Å². The number of halogens is 1. The molecule has 0 aromatic heterocycles. The zero-order chi connectivity index (χ0) is 9.52. The van der Waals surface area contributed by atoms with E-state index in [0.29, 0.717) is 0 Å². The molecule has 0 aliphatic carbocycles. The second kappa shape index (κ2) is 5.98. The Kier molecular flexibility index (Phi) is 4.84. The molecule has 0 aliphatic rings. The summed E-state index contributed by atoms with van der Waals surface area (Å²) in [5.41, 5.74) is 1.14. The molecule has 0 heterocycles. The van der Waals surface area contributed by atoms with E-state index in [1.807, 2.05) is 12.1 Å². The van der Waals surface area contributed by atoms with E-state index < -0.39 is 0 Å². The summed E-state index contributed by atoms with van der Waals surface area (Å²) in [6.07, 6.45) is 8.02. The Hall–Kier alpha value is -0.560. The van der Waals surface area contributed by atoms with Gasteiger partial charge in [-0.1, -0.05) is 53.9 Å². The van der Waals surface area contributed by atoms with E-state index in [4.69, 9.17) is 0 Å². The summed E-state index contributed by atoms with van der Waals surface area (Å²) in [5, 5.41) is 0. The molecular formula is C12H14Br. The molecule has 1 rings (SSSR count). The molecule has 0 saturated heterocycles. The molecule has 1 heteroatoms. The molecule has 1 aromatic rings. The van der Waals surface area contributed by atoms with Gasteiger partial charge in [0.25, 0.3) is 0 Å². The second-order valence-corrected chi connectivity index (χ2v) is 3.92. The third-order valence-electron chi connectivity index (χ3n) is 1.81. The van der Waals surface area contributed by atoms with Gasteiger partial charge in [0.15, 0.2) is 0 Å². The first kappa shape index (κ1) is 10.5. The predicted octanol–water partition coefficient (Wildman–Crippen LogP) is 4.45. The maximum absolute atomic E-state index is 3.43. The molecule has 0 unspecified atom stereocenters. The lowest BCUT2D eigenvalue weighted by atomic mass is 10.2. The smallest absolute Gasteiger partial charge is 0.0181 e. The van der Waals surface area contributed by atoms with Gasteiger partial charge in [0, 0.05) is 4.47 Å². The van der Waals surface area contributed by atoms with Crippen LogP contribution >= 0.6 is 15.9 Å². The van der Waals surface area contributed by atoms with Crippen molar-refractivity contribution in [2.75, 3.05) is 0 Å². The average molecular weight is 238 g/mol. The van der Waals surface area contributed by atoms with Gasteiger partial charge in [-0.15, -0.1) is 0 Å². The van der Waals surface area contributed by atoms with E-state index in [1.54, 1.807) is 0 Å². The topological polar surface area (TPSA) is 0 Å². The van der Waals surface area contributed by atoms with Crippen molar-refractivity contribution in [3.8, 4) is 0 Å². The third-order valence-corrected chi connectivity index (χ3v) is 2.30. The quantitative estimate of drug-likeness (QED) is 0.679. The fourth-order valence-corrected chi connectivity index (χ4v) is 1.46. The molecule has 69 valence electrons. The van der Waals surface area contributed by atoms with E-state index in [0.717, 1.165) is 16.5 Å². The van der Waals surface area contributed by atoms with Gasteiger partial charge in [0.05, 0.1) is 0 Å². The summed E-state index contributed by atoms with van der Waals surface area (Å²) < 4.78 is 1.11. The largest absolute Gasteiger partial charge is 0.0839 e. The van der Waals surface area contributed by atoms with Crippen molar-refractivity contribution in [3.63, 3.8) is 0 Å². The normalized spacial score (nSPS) is 10.9. The Labute approximate surface area is 88.8 Å². The summed E-state index contributed by atoms with van der Waals surface area (Å²) >= 11 is 3.43. The van der Waals surface area contributed by atoms with Crippen LogP contribution in [0.1, 0.15) is 31.7 Å². The third kappa shape index (κ3) is 4.28. The minimum absolute atomic E-state index is 1.11. The van der Waals surface area contributed by atoms with Crippen LogP contribution in [-0.2, 0) is 0 Å². The molecule has 0 aliphatic heterocycles. The Morgan fingerprint density at radius 1 is 1.54 bits per heavy atom. The summed E-state index contributed by atoms with van der Waals surface area (Å²) in [6.45, 7) is 2.21. The minimum atomic E-state index is 1.11. The Balaban J connectivity index is 2.48. The molecule has 0 amide bonds. The fourth-order valence-electron chi connectivity index (χ4n) is 1.08. The number of allylic oxidation sites excluding steroid dienone is 1. The number of hydrogen-bond donors (Lipinski definition) is 0. The van der Waals surface area contributed by atoms with Gasteiger partial charge in [0.1, 0.15) is 0 Å². The van der Waals surface area contributed by atoms with Gasteiger partial charge >= 0.3 is 0 Å². The van der Waals surface area contributed by atoms with Gasteiger partial charge in [-0.25, -0.2) is 0 Å². The lowest BCUT2D eigenvalue weighted by molar-refractivity contribution is 0.816. The molecular weight excluding hydrogens is 224 g/mol. The summed E-state index contributed by atoms with van der Waals surface area (Å²) in [5.74, 6) is 0. The van der Waals surface area contributed by atoms with Crippen LogP contribution in [0.2, 0.25) is 0 Å². The average Bonchev–Trinajstić information content (AvgIpc) is 2.13. The van der Waals surface area contributed by atoms with Gasteiger partial charge in [-0.3, -0.25) is 0 Å². The SMILES string of the molecule is CCCCC=Cc1[c]ccc(Br)c1. The molecule has 0 spiro atoms. The zero-order valence-electron chi connectivity index (χ0n) is 7.89. The maximum Gasteiger partial charge on any atom is 0.0181 e. The standard InChI is InChI=1S/C12H14Br/c1-2-3-4-5-7-11-8-6-9-12(13)10-11/h5-7,9-10H,2-4H2,1H3. The lowest BCUT2D eigenvalue weighted by Crippen LogP contribution is -1.72. The van der Waals surface area contributed by atoms with Crippen LogP contribution in [-0.4, -0.2) is 0 Å². The molecule has 0 nitrogen and oxygen atoms in total. The number of benzene rings is 1. The van der Waals surface area contributed by atoms with Crippen LogP contribution < -0.4 is 0 Å². The van der Waals surface area contributed by atoms with Crippen molar-refractivity contribution in [3.05, 3.63) is 40.4 Å². The van der Waals surface area contributed by atoms with Gasteiger partial charge in [-0.2, -0.15) is 0 Å². The number of rotatable bonds is 4. The van der Waals surface area contributed by atoms with E-state index in [1.165, 1.54) is 12.8 Å². The first-order valence-corrected chi connectivity index (χ1v) is 5.46. The zero-order valence-corrected chi connectivity index (χ0v) is 9.47. The molecule has 1 aromatic carbocycles. The van der Waals surface area contributed by atoms with Crippen LogP contribution in [0, 0.1) is 6.07 Å². The molecule has 0 fully saturated rings. The second-order valence-electron chi connectivity index (χ2n) is 3.01. The van der Waals surface area contributed by atoms with Gasteiger partial charge in [-0.05, 0) is 30.2 Å². The van der Waals surface area contributed by atoms with E-state index >= 15 is 0 Å². The number of unbranched alkanes of at least 4 members (excludes halogenated alkanes) is 2. The first-order chi connectivity index (χ1) is 6.33. The molecule has 13 heavy (non-hydrogen) atoms. The summed E-state index contributed by atoms with van der Waals surface area (Å²) in [6, 6.07) is 9.16. The van der Waals surface area contributed by atoms with Crippen molar-refractivity contribution >= 4 is 22.0 Å². The highest BCUT2D eigenvalue weighted by Crippen LogP contribution is 2.12. The van der Waals surface area contributed by atoms with E-state index in [2.05, 4.69) is 47.1 Å². The maximum atomic E-state index is 3.43. The molecule has 0 bridgehead atoms. The van der Waals surface area contributed by atoms with Gasteiger partial charge in [0.2, 0.25) is 0 Å².